The lowest BCUT2D eigenvalue weighted by atomic mass is 9.84. The zero-order chi connectivity index (χ0) is 24.5. The molecule has 8 heteroatoms. The molecule has 0 bridgehead atoms. The summed E-state index contributed by atoms with van der Waals surface area (Å²) in [7, 11) is 0. The van der Waals surface area contributed by atoms with Crippen molar-refractivity contribution >= 4 is 28.8 Å². The van der Waals surface area contributed by atoms with E-state index >= 15 is 0 Å². The molecule has 0 unspecified atom stereocenters. The topological polar surface area (TPSA) is 116 Å². The van der Waals surface area contributed by atoms with Crippen LogP contribution >= 0.6 is 0 Å². The van der Waals surface area contributed by atoms with Gasteiger partial charge in [0.25, 0.3) is 0 Å². The van der Waals surface area contributed by atoms with Crippen molar-refractivity contribution in [1.29, 1.82) is 0 Å². The Balaban J connectivity index is 1.41. The van der Waals surface area contributed by atoms with Crippen molar-refractivity contribution in [3.63, 3.8) is 0 Å². The van der Waals surface area contributed by atoms with Crippen molar-refractivity contribution in [2.24, 2.45) is 5.92 Å². The molecule has 3 aromatic heterocycles. The summed E-state index contributed by atoms with van der Waals surface area (Å²) in [6.07, 6.45) is 6.21. The summed E-state index contributed by atoms with van der Waals surface area (Å²) in [4.78, 5) is 30.5. The van der Waals surface area contributed by atoms with E-state index in [4.69, 9.17) is 20.4 Å². The van der Waals surface area contributed by atoms with Crippen molar-refractivity contribution in [1.82, 2.24) is 19.9 Å². The number of nitrogens with zero attached hydrogens (tertiary/aromatic N) is 4. The second kappa shape index (κ2) is 9.52. The van der Waals surface area contributed by atoms with Crippen LogP contribution in [0, 0.1) is 19.8 Å². The normalized spacial score (nSPS) is 18.6. The van der Waals surface area contributed by atoms with Crippen LogP contribution in [-0.4, -0.2) is 37.5 Å². The zero-order valence-corrected chi connectivity index (χ0v) is 20.7. The summed E-state index contributed by atoms with van der Waals surface area (Å²) in [5.41, 5.74) is 10.6. The van der Waals surface area contributed by atoms with Gasteiger partial charge in [0.05, 0.1) is 17.4 Å². The molecule has 0 radical (unpaired) electrons. The lowest BCUT2D eigenvalue weighted by Crippen LogP contribution is -2.30. The highest BCUT2D eigenvalue weighted by molar-refractivity contribution is 5.82. The number of aryl methyl sites for hydroxylation is 2. The predicted octanol–water partition coefficient (Wildman–Crippen LogP) is 4.99. The van der Waals surface area contributed by atoms with Gasteiger partial charge in [-0.05, 0) is 90.0 Å². The lowest BCUT2D eigenvalue weighted by Gasteiger charge is -2.29. The van der Waals surface area contributed by atoms with Crippen molar-refractivity contribution in [2.45, 2.75) is 78.4 Å². The maximum absolute atomic E-state index is 12.1. The molecule has 0 amide bonds. The Morgan fingerprint density at radius 1 is 1.12 bits per heavy atom. The van der Waals surface area contributed by atoms with E-state index < -0.39 is 5.60 Å². The van der Waals surface area contributed by atoms with E-state index in [-0.39, 0.29) is 5.97 Å². The van der Waals surface area contributed by atoms with Gasteiger partial charge in [-0.2, -0.15) is 0 Å². The third kappa shape index (κ3) is 5.79. The van der Waals surface area contributed by atoms with Gasteiger partial charge in [0, 0.05) is 23.7 Å². The number of rotatable bonds is 5. The highest BCUT2D eigenvalue weighted by Crippen LogP contribution is 2.30. The summed E-state index contributed by atoms with van der Waals surface area (Å²) in [5.74, 6) is 1.39. The van der Waals surface area contributed by atoms with E-state index in [9.17, 15) is 4.79 Å². The van der Waals surface area contributed by atoms with Gasteiger partial charge in [-0.1, -0.05) is 0 Å². The van der Waals surface area contributed by atoms with Crippen LogP contribution in [0.4, 0.5) is 11.8 Å². The molecule has 1 aliphatic carbocycles. The third-order valence-corrected chi connectivity index (χ3v) is 6.18. The number of nitrogens with one attached hydrogen (secondary N) is 1. The highest BCUT2D eigenvalue weighted by atomic mass is 16.6. The summed E-state index contributed by atoms with van der Waals surface area (Å²) >= 11 is 0. The minimum Gasteiger partial charge on any atom is -0.460 e. The van der Waals surface area contributed by atoms with Crippen LogP contribution < -0.4 is 11.1 Å². The molecule has 8 nitrogen and oxygen atoms in total. The first-order valence-corrected chi connectivity index (χ1v) is 11.9. The Kier molecular flexibility index (Phi) is 6.68. The Morgan fingerprint density at radius 2 is 1.85 bits per heavy atom. The quantitative estimate of drug-likeness (QED) is 0.510. The second-order valence-corrected chi connectivity index (χ2v) is 10.3. The minimum absolute atomic E-state index is 0.103. The molecule has 0 aliphatic heterocycles. The number of aromatic nitrogens is 4. The first kappa shape index (κ1) is 23.9. The number of esters is 1. The SMILES string of the molecule is Cc1nc(N)ccc1-c1cc(C)c2nc(NC3CCC(CC(=O)OC(C)(C)C)CC3)ncc2n1. The molecule has 180 valence electrons. The van der Waals surface area contributed by atoms with Gasteiger partial charge in [-0.25, -0.2) is 19.9 Å². The van der Waals surface area contributed by atoms with Gasteiger partial charge in [-0.3, -0.25) is 4.79 Å². The molecule has 1 saturated carbocycles. The van der Waals surface area contributed by atoms with E-state index in [1.165, 1.54) is 0 Å². The van der Waals surface area contributed by atoms with Gasteiger partial charge in [-0.15, -0.1) is 0 Å². The van der Waals surface area contributed by atoms with Gasteiger partial charge < -0.3 is 15.8 Å². The number of nitrogens with two attached hydrogens (primary N) is 1. The number of ether oxygens (including phenoxy) is 1. The zero-order valence-electron chi connectivity index (χ0n) is 20.7. The Morgan fingerprint density at radius 3 is 2.53 bits per heavy atom. The monoisotopic (exact) mass is 462 g/mol. The van der Waals surface area contributed by atoms with Crippen molar-refractivity contribution in [3.8, 4) is 11.3 Å². The number of hydrogen-bond donors (Lipinski definition) is 2. The van der Waals surface area contributed by atoms with Gasteiger partial charge in [0.2, 0.25) is 5.95 Å². The molecule has 0 saturated heterocycles. The van der Waals surface area contributed by atoms with Crippen molar-refractivity contribution < 1.29 is 9.53 Å². The molecule has 3 N–H and O–H groups in total. The van der Waals surface area contributed by atoms with Gasteiger partial charge in [0.1, 0.15) is 16.9 Å². The number of hydrogen-bond acceptors (Lipinski definition) is 8. The molecular weight excluding hydrogens is 428 g/mol. The fraction of sp³-hybridized carbons (Fsp3) is 0.500. The van der Waals surface area contributed by atoms with Gasteiger partial charge >= 0.3 is 5.97 Å². The van der Waals surface area contributed by atoms with Crippen LogP contribution in [0.3, 0.4) is 0 Å². The smallest absolute Gasteiger partial charge is 0.306 e. The fourth-order valence-corrected chi connectivity index (χ4v) is 4.55. The molecular formula is C26H34N6O2. The van der Waals surface area contributed by atoms with Crippen LogP contribution in [0.25, 0.3) is 22.3 Å². The second-order valence-electron chi connectivity index (χ2n) is 10.3. The highest BCUT2D eigenvalue weighted by Gasteiger charge is 2.26. The summed E-state index contributed by atoms with van der Waals surface area (Å²) in [6, 6.07) is 6.06. The number of carbonyl (C=O) groups excluding carboxylic acids is 1. The van der Waals surface area contributed by atoms with Gasteiger partial charge in [0.15, 0.2) is 0 Å². The van der Waals surface area contributed by atoms with E-state index in [1.807, 2.05) is 46.8 Å². The maximum atomic E-state index is 12.1. The van der Waals surface area contributed by atoms with E-state index in [0.717, 1.165) is 59.2 Å². The molecule has 0 aromatic carbocycles. The number of nitrogen functional groups attached to an aromatic ring is 1. The van der Waals surface area contributed by atoms with Crippen molar-refractivity contribution in [3.05, 3.63) is 35.7 Å². The van der Waals surface area contributed by atoms with E-state index in [1.54, 1.807) is 12.3 Å². The minimum atomic E-state index is -0.429. The Bertz CT molecular complexity index is 1200. The predicted molar refractivity (Wildman–Crippen MR) is 134 cm³/mol. The van der Waals surface area contributed by atoms with E-state index in [0.29, 0.717) is 30.1 Å². The fourth-order valence-electron chi connectivity index (χ4n) is 4.55. The molecule has 34 heavy (non-hydrogen) atoms. The first-order valence-electron chi connectivity index (χ1n) is 11.9. The first-order chi connectivity index (χ1) is 16.1. The Hall–Kier alpha value is -3.29. The van der Waals surface area contributed by atoms with Crippen LogP contribution in [0.5, 0.6) is 0 Å². The molecule has 1 aliphatic rings. The maximum Gasteiger partial charge on any atom is 0.306 e. The molecule has 4 rings (SSSR count). The summed E-state index contributed by atoms with van der Waals surface area (Å²) < 4.78 is 5.47. The molecule has 1 fully saturated rings. The Labute approximate surface area is 200 Å². The van der Waals surface area contributed by atoms with Crippen LogP contribution in [0.15, 0.2) is 24.4 Å². The number of carbonyl (C=O) groups is 1. The number of fused-ring (bicyclic) bond motifs is 1. The molecule has 0 atom stereocenters. The average molecular weight is 463 g/mol. The van der Waals surface area contributed by atoms with Crippen LogP contribution in [0.2, 0.25) is 0 Å². The standard InChI is InChI=1S/C26H34N6O2/c1-15-12-20(19-10-11-22(27)29-16(19)2)31-21-14-28-25(32-24(15)21)30-18-8-6-17(7-9-18)13-23(33)34-26(3,4)5/h10-12,14,17-18H,6-9,13H2,1-5H3,(H2,27,29)(H,28,30,32). The number of anilines is 2. The van der Waals surface area contributed by atoms with Crippen LogP contribution in [0.1, 0.15) is 64.1 Å². The van der Waals surface area contributed by atoms with Crippen LogP contribution in [-0.2, 0) is 9.53 Å². The third-order valence-electron chi connectivity index (χ3n) is 6.18. The number of pyridine rings is 2. The van der Waals surface area contributed by atoms with E-state index in [2.05, 4.69) is 15.3 Å². The molecule has 3 heterocycles. The largest absolute Gasteiger partial charge is 0.460 e. The van der Waals surface area contributed by atoms with Crippen molar-refractivity contribution in [2.75, 3.05) is 11.1 Å². The summed E-state index contributed by atoms with van der Waals surface area (Å²) in [5, 5.41) is 3.48. The average Bonchev–Trinajstić information content (AvgIpc) is 2.74. The molecule has 0 spiro atoms. The lowest BCUT2D eigenvalue weighted by molar-refractivity contribution is -0.156. The molecule has 3 aromatic rings. The summed E-state index contributed by atoms with van der Waals surface area (Å²) in [6.45, 7) is 9.68.